The van der Waals surface area contributed by atoms with E-state index in [0.717, 1.165) is 31.0 Å². The molecule has 2 N–H and O–H groups in total. The van der Waals surface area contributed by atoms with Crippen LogP contribution in [-0.4, -0.2) is 33.5 Å². The number of hydrogen-bond acceptors (Lipinski definition) is 6. The first kappa shape index (κ1) is 17.5. The fourth-order valence-corrected chi connectivity index (χ4v) is 1.87. The Labute approximate surface area is 126 Å². The van der Waals surface area contributed by atoms with Crippen LogP contribution in [0.15, 0.2) is 18.2 Å². The van der Waals surface area contributed by atoms with Gasteiger partial charge in [-0.3, -0.25) is 25.0 Å². The van der Waals surface area contributed by atoms with Gasteiger partial charge >= 0.3 is 0 Å². The predicted molar refractivity (Wildman–Crippen MR) is 77.6 cm³/mol. The molecular formula is C13H17N3O6. The molecule has 1 unspecified atom stereocenters. The van der Waals surface area contributed by atoms with E-state index in [2.05, 4.69) is 5.32 Å². The molecule has 0 aliphatic carbocycles. The van der Waals surface area contributed by atoms with Crippen LogP contribution in [0, 0.1) is 20.2 Å². The van der Waals surface area contributed by atoms with Crippen molar-refractivity contribution in [3.63, 3.8) is 0 Å². The Balaban J connectivity index is 3.00. The smallest absolute Gasteiger partial charge is 0.277 e. The monoisotopic (exact) mass is 311 g/mol. The Bertz CT molecular complexity index is 543. The third-order valence-electron chi connectivity index (χ3n) is 3.05. The van der Waals surface area contributed by atoms with Gasteiger partial charge in [0, 0.05) is 12.1 Å². The van der Waals surface area contributed by atoms with Crippen molar-refractivity contribution in [2.24, 2.45) is 0 Å². The van der Waals surface area contributed by atoms with Crippen LogP contribution in [0.4, 0.5) is 11.4 Å². The summed E-state index contributed by atoms with van der Waals surface area (Å²) < 4.78 is 0. The molecule has 0 aliphatic heterocycles. The lowest BCUT2D eigenvalue weighted by molar-refractivity contribution is -0.394. The SMILES string of the molecule is CCCCC(CO)NC(=O)c1cc([N+](=O)[O-])cc([N+](=O)[O-])c1. The second kappa shape index (κ2) is 8.03. The van der Waals surface area contributed by atoms with Gasteiger partial charge in [0.1, 0.15) is 0 Å². The summed E-state index contributed by atoms with van der Waals surface area (Å²) in [4.78, 5) is 32.0. The van der Waals surface area contributed by atoms with E-state index in [9.17, 15) is 30.1 Å². The molecule has 9 heteroatoms. The number of hydrogen-bond donors (Lipinski definition) is 2. The van der Waals surface area contributed by atoms with Gasteiger partial charge < -0.3 is 10.4 Å². The van der Waals surface area contributed by atoms with Gasteiger partial charge in [-0.1, -0.05) is 19.8 Å². The van der Waals surface area contributed by atoms with Crippen LogP contribution in [0.3, 0.4) is 0 Å². The van der Waals surface area contributed by atoms with Crippen molar-refractivity contribution < 1.29 is 19.7 Å². The summed E-state index contributed by atoms with van der Waals surface area (Å²) in [6.07, 6.45) is 2.23. The molecule has 1 atom stereocenters. The van der Waals surface area contributed by atoms with Gasteiger partial charge in [-0.2, -0.15) is 0 Å². The molecule has 0 aliphatic rings. The minimum Gasteiger partial charge on any atom is -0.394 e. The molecule has 1 rings (SSSR count). The number of carbonyl (C=O) groups excluding carboxylic acids is 1. The van der Waals surface area contributed by atoms with E-state index in [4.69, 9.17) is 0 Å². The fraction of sp³-hybridized carbons (Fsp3) is 0.462. The molecule has 0 heterocycles. The molecule has 0 fully saturated rings. The third-order valence-corrected chi connectivity index (χ3v) is 3.05. The Morgan fingerprint density at radius 2 is 1.77 bits per heavy atom. The first-order valence-electron chi connectivity index (χ1n) is 6.74. The number of aliphatic hydroxyl groups excluding tert-OH is 1. The van der Waals surface area contributed by atoms with Crippen LogP contribution in [0.25, 0.3) is 0 Å². The lowest BCUT2D eigenvalue weighted by atomic mass is 10.1. The molecule has 9 nitrogen and oxygen atoms in total. The lowest BCUT2D eigenvalue weighted by Gasteiger charge is -2.15. The van der Waals surface area contributed by atoms with E-state index < -0.39 is 33.2 Å². The fourth-order valence-electron chi connectivity index (χ4n) is 1.87. The van der Waals surface area contributed by atoms with Gasteiger partial charge in [-0.25, -0.2) is 0 Å². The molecule has 0 spiro atoms. The zero-order valence-corrected chi connectivity index (χ0v) is 12.0. The molecule has 1 aromatic carbocycles. The van der Waals surface area contributed by atoms with Gasteiger partial charge in [0.2, 0.25) is 0 Å². The van der Waals surface area contributed by atoms with Crippen LogP contribution < -0.4 is 5.32 Å². The van der Waals surface area contributed by atoms with E-state index in [1.54, 1.807) is 0 Å². The summed E-state index contributed by atoms with van der Waals surface area (Å²) in [7, 11) is 0. The number of nitro benzene ring substituents is 2. The lowest BCUT2D eigenvalue weighted by Crippen LogP contribution is -2.37. The number of rotatable bonds is 8. The zero-order valence-electron chi connectivity index (χ0n) is 12.0. The van der Waals surface area contributed by atoms with Gasteiger partial charge in [-0.15, -0.1) is 0 Å². The number of non-ortho nitro benzene ring substituents is 2. The molecule has 0 radical (unpaired) electrons. The predicted octanol–water partition coefficient (Wildman–Crippen LogP) is 1.78. The number of aliphatic hydroxyl groups is 1. The molecule has 1 amide bonds. The highest BCUT2D eigenvalue weighted by Crippen LogP contribution is 2.22. The standard InChI is InChI=1S/C13H17N3O6/c1-2-3-4-10(8-17)14-13(18)9-5-11(15(19)20)7-12(6-9)16(21)22/h5-7,10,17H,2-4,8H2,1H3,(H,14,18). The van der Waals surface area contributed by atoms with Crippen LogP contribution in [0.5, 0.6) is 0 Å². The maximum Gasteiger partial charge on any atom is 0.277 e. The second-order valence-electron chi connectivity index (χ2n) is 4.75. The van der Waals surface area contributed by atoms with Crippen molar-refractivity contribution >= 4 is 17.3 Å². The Morgan fingerprint density at radius 3 is 2.18 bits per heavy atom. The quantitative estimate of drug-likeness (QED) is 0.554. The largest absolute Gasteiger partial charge is 0.394 e. The summed E-state index contributed by atoms with van der Waals surface area (Å²) in [6.45, 7) is 1.68. The van der Waals surface area contributed by atoms with Gasteiger partial charge in [0.15, 0.2) is 0 Å². The minimum atomic E-state index is -0.801. The highest BCUT2D eigenvalue weighted by atomic mass is 16.6. The van der Waals surface area contributed by atoms with E-state index >= 15 is 0 Å². The number of nitrogens with one attached hydrogen (secondary N) is 1. The average Bonchev–Trinajstić information content (AvgIpc) is 2.50. The number of amides is 1. The van der Waals surface area contributed by atoms with Crippen molar-refractivity contribution in [1.82, 2.24) is 5.32 Å². The highest BCUT2D eigenvalue weighted by Gasteiger charge is 2.21. The number of benzene rings is 1. The van der Waals surface area contributed by atoms with Crippen molar-refractivity contribution in [3.8, 4) is 0 Å². The van der Waals surface area contributed by atoms with Gasteiger partial charge in [-0.05, 0) is 6.42 Å². The summed E-state index contributed by atoms with van der Waals surface area (Å²) in [5.41, 5.74) is -1.25. The topological polar surface area (TPSA) is 136 Å². The molecule has 120 valence electrons. The van der Waals surface area contributed by atoms with Crippen molar-refractivity contribution in [2.45, 2.75) is 32.2 Å². The van der Waals surface area contributed by atoms with E-state index in [1.165, 1.54) is 0 Å². The molecule has 1 aromatic rings. The van der Waals surface area contributed by atoms with Crippen molar-refractivity contribution in [1.29, 1.82) is 0 Å². The Hall–Kier alpha value is -2.55. The van der Waals surface area contributed by atoms with Crippen molar-refractivity contribution in [2.75, 3.05) is 6.61 Å². The first-order valence-corrected chi connectivity index (χ1v) is 6.74. The number of nitro groups is 2. The highest BCUT2D eigenvalue weighted by molar-refractivity contribution is 5.95. The van der Waals surface area contributed by atoms with Gasteiger partial charge in [0.05, 0.1) is 34.1 Å². The number of nitrogens with zero attached hydrogens (tertiary/aromatic N) is 2. The zero-order chi connectivity index (χ0) is 16.7. The maximum atomic E-state index is 12.1. The molecule has 22 heavy (non-hydrogen) atoms. The van der Waals surface area contributed by atoms with Crippen LogP contribution in [0.1, 0.15) is 36.5 Å². The van der Waals surface area contributed by atoms with Crippen LogP contribution in [-0.2, 0) is 0 Å². The minimum absolute atomic E-state index is 0.184. The maximum absolute atomic E-state index is 12.1. The third kappa shape index (κ3) is 4.77. The summed E-state index contributed by atoms with van der Waals surface area (Å²) in [6, 6.07) is 2.23. The molecule has 0 saturated heterocycles. The van der Waals surface area contributed by atoms with Crippen molar-refractivity contribution in [3.05, 3.63) is 44.0 Å². The Kier molecular flexibility index (Phi) is 6.39. The average molecular weight is 311 g/mol. The molecule has 0 bridgehead atoms. The number of unbranched alkanes of at least 4 members (excludes halogenated alkanes) is 1. The van der Waals surface area contributed by atoms with E-state index in [1.807, 2.05) is 6.92 Å². The van der Waals surface area contributed by atoms with E-state index in [-0.39, 0.29) is 12.2 Å². The summed E-state index contributed by atoms with van der Waals surface area (Å²) in [5, 5.41) is 33.3. The summed E-state index contributed by atoms with van der Waals surface area (Å²) >= 11 is 0. The first-order chi connectivity index (χ1) is 10.4. The molecule has 0 aromatic heterocycles. The molecule has 0 saturated carbocycles. The second-order valence-corrected chi connectivity index (χ2v) is 4.75. The van der Waals surface area contributed by atoms with Crippen LogP contribution >= 0.6 is 0 Å². The van der Waals surface area contributed by atoms with E-state index in [0.29, 0.717) is 6.42 Å². The number of carbonyl (C=O) groups is 1. The Morgan fingerprint density at radius 1 is 1.23 bits per heavy atom. The normalized spacial score (nSPS) is 11.7. The van der Waals surface area contributed by atoms with Gasteiger partial charge in [0.25, 0.3) is 17.3 Å². The summed E-state index contributed by atoms with van der Waals surface area (Å²) in [5.74, 6) is -0.693. The van der Waals surface area contributed by atoms with Crippen LogP contribution in [0.2, 0.25) is 0 Å². The molecular weight excluding hydrogens is 294 g/mol.